The lowest BCUT2D eigenvalue weighted by Crippen LogP contribution is -2.35. The number of hydrogen-bond donors (Lipinski definition) is 2. The fourth-order valence-electron chi connectivity index (χ4n) is 2.95. The summed E-state index contributed by atoms with van der Waals surface area (Å²) in [6.07, 6.45) is 4.97. The molecule has 0 radical (unpaired) electrons. The van der Waals surface area contributed by atoms with Crippen LogP contribution in [0.4, 0.5) is 5.69 Å². The van der Waals surface area contributed by atoms with E-state index in [0.717, 1.165) is 30.8 Å². The van der Waals surface area contributed by atoms with Gasteiger partial charge in [-0.15, -0.1) is 0 Å². The monoisotopic (exact) mass is 319 g/mol. The van der Waals surface area contributed by atoms with Gasteiger partial charge in [0.05, 0.1) is 0 Å². The van der Waals surface area contributed by atoms with E-state index in [1.165, 1.54) is 12.8 Å². The fourth-order valence-corrected chi connectivity index (χ4v) is 2.95. The maximum atomic E-state index is 12.2. The highest BCUT2D eigenvalue weighted by molar-refractivity contribution is 5.91. The normalized spacial score (nSPS) is 21.2. The highest BCUT2D eigenvalue weighted by Crippen LogP contribution is 2.26. The molecule has 0 saturated heterocycles. The highest BCUT2D eigenvalue weighted by atomic mass is 16.5. The molecule has 0 heterocycles. The number of likely N-dealkylation sites (N-methyl/N-ethyl adjacent to an activating group) is 1. The number of benzene rings is 1. The van der Waals surface area contributed by atoms with Crippen molar-refractivity contribution < 1.29 is 9.53 Å². The van der Waals surface area contributed by atoms with Crippen molar-refractivity contribution in [1.29, 1.82) is 0 Å². The zero-order valence-corrected chi connectivity index (χ0v) is 14.3. The molecule has 0 spiro atoms. The molecular weight excluding hydrogens is 290 g/mol. The summed E-state index contributed by atoms with van der Waals surface area (Å²) in [4.78, 5) is 14.3. The van der Waals surface area contributed by atoms with Crippen molar-refractivity contribution >= 4 is 11.6 Å². The molecule has 1 fully saturated rings. The van der Waals surface area contributed by atoms with Crippen LogP contribution in [0.5, 0.6) is 5.75 Å². The smallest absolute Gasteiger partial charge is 0.224 e. The number of amides is 1. The van der Waals surface area contributed by atoms with E-state index < -0.39 is 0 Å². The Balaban J connectivity index is 1.83. The second-order valence-corrected chi connectivity index (χ2v) is 6.64. The van der Waals surface area contributed by atoms with Crippen LogP contribution in [0.1, 0.15) is 32.1 Å². The van der Waals surface area contributed by atoms with Gasteiger partial charge in [-0.25, -0.2) is 0 Å². The average Bonchev–Trinajstić information content (AvgIpc) is 2.49. The number of carbonyl (C=O) groups is 1. The van der Waals surface area contributed by atoms with Gasteiger partial charge in [-0.2, -0.15) is 0 Å². The second-order valence-electron chi connectivity index (χ2n) is 6.64. The Morgan fingerprint density at radius 1 is 1.35 bits per heavy atom. The summed E-state index contributed by atoms with van der Waals surface area (Å²) in [5.41, 5.74) is 6.90. The molecule has 1 aromatic rings. The van der Waals surface area contributed by atoms with E-state index in [1.807, 2.05) is 38.4 Å². The first kappa shape index (κ1) is 17.8. The van der Waals surface area contributed by atoms with Crippen LogP contribution >= 0.6 is 0 Å². The molecule has 0 aliphatic heterocycles. The van der Waals surface area contributed by atoms with Crippen LogP contribution in [-0.4, -0.2) is 44.1 Å². The maximum Gasteiger partial charge on any atom is 0.224 e. The standard InChI is InChI=1S/C18H29N3O2/c1-21(2)10-11-23-16-8-5-7-15(13-16)20-18(22)12-14-6-3-4-9-17(14)19/h5,7-8,13-14,17H,3-4,6,9-12,19H2,1-2H3,(H,20,22). The third kappa shape index (κ3) is 6.20. The molecule has 5 heteroatoms. The molecule has 1 aliphatic rings. The number of nitrogens with one attached hydrogen (secondary N) is 1. The minimum atomic E-state index is 0.0396. The van der Waals surface area contributed by atoms with E-state index in [2.05, 4.69) is 10.2 Å². The van der Waals surface area contributed by atoms with Crippen molar-refractivity contribution in [1.82, 2.24) is 4.90 Å². The first-order chi connectivity index (χ1) is 11.0. The SMILES string of the molecule is CN(C)CCOc1cccc(NC(=O)CC2CCCCC2N)c1. The Labute approximate surface area is 139 Å². The summed E-state index contributed by atoms with van der Waals surface area (Å²) in [5.74, 6) is 1.13. The highest BCUT2D eigenvalue weighted by Gasteiger charge is 2.24. The van der Waals surface area contributed by atoms with E-state index in [9.17, 15) is 4.79 Å². The largest absolute Gasteiger partial charge is 0.492 e. The molecule has 0 aromatic heterocycles. The van der Waals surface area contributed by atoms with E-state index in [0.29, 0.717) is 18.9 Å². The van der Waals surface area contributed by atoms with Gasteiger partial charge in [-0.3, -0.25) is 4.79 Å². The number of ether oxygens (including phenoxy) is 1. The van der Waals surface area contributed by atoms with Gasteiger partial charge >= 0.3 is 0 Å². The topological polar surface area (TPSA) is 67.6 Å². The van der Waals surface area contributed by atoms with Crippen LogP contribution in [-0.2, 0) is 4.79 Å². The maximum absolute atomic E-state index is 12.2. The average molecular weight is 319 g/mol. The molecule has 2 atom stereocenters. The number of rotatable bonds is 7. The van der Waals surface area contributed by atoms with Crippen molar-refractivity contribution in [2.45, 2.75) is 38.1 Å². The molecule has 128 valence electrons. The number of hydrogen-bond acceptors (Lipinski definition) is 4. The predicted octanol–water partition coefficient (Wildman–Crippen LogP) is 2.47. The third-order valence-corrected chi connectivity index (χ3v) is 4.34. The number of nitrogens with two attached hydrogens (primary N) is 1. The van der Waals surface area contributed by atoms with Crippen molar-refractivity contribution in [3.05, 3.63) is 24.3 Å². The van der Waals surface area contributed by atoms with Gasteiger partial charge in [0.25, 0.3) is 0 Å². The van der Waals surface area contributed by atoms with E-state index in [-0.39, 0.29) is 11.9 Å². The predicted molar refractivity (Wildman–Crippen MR) is 93.7 cm³/mol. The van der Waals surface area contributed by atoms with Crippen LogP contribution in [0.25, 0.3) is 0 Å². The Kier molecular flexibility index (Phi) is 6.86. The van der Waals surface area contributed by atoms with Crippen LogP contribution in [0, 0.1) is 5.92 Å². The van der Waals surface area contributed by atoms with Gasteiger partial charge in [0.15, 0.2) is 0 Å². The van der Waals surface area contributed by atoms with E-state index in [1.54, 1.807) is 0 Å². The van der Waals surface area contributed by atoms with Crippen LogP contribution in [0.2, 0.25) is 0 Å². The Morgan fingerprint density at radius 2 is 2.13 bits per heavy atom. The fraction of sp³-hybridized carbons (Fsp3) is 0.611. The lowest BCUT2D eigenvalue weighted by molar-refractivity contribution is -0.117. The first-order valence-corrected chi connectivity index (χ1v) is 8.47. The molecule has 3 N–H and O–H groups in total. The van der Waals surface area contributed by atoms with Crippen molar-refractivity contribution in [2.75, 3.05) is 32.6 Å². The zero-order chi connectivity index (χ0) is 16.7. The first-order valence-electron chi connectivity index (χ1n) is 8.47. The summed E-state index contributed by atoms with van der Waals surface area (Å²) >= 11 is 0. The summed E-state index contributed by atoms with van der Waals surface area (Å²) in [6.45, 7) is 1.48. The van der Waals surface area contributed by atoms with Crippen molar-refractivity contribution in [3.63, 3.8) is 0 Å². The molecule has 2 rings (SSSR count). The van der Waals surface area contributed by atoms with Crippen molar-refractivity contribution in [2.24, 2.45) is 11.7 Å². The number of carbonyl (C=O) groups excluding carboxylic acids is 1. The van der Waals surface area contributed by atoms with Crippen LogP contribution in [0.3, 0.4) is 0 Å². The summed E-state index contributed by atoms with van der Waals surface area (Å²) in [7, 11) is 4.02. The number of nitrogens with zero attached hydrogens (tertiary/aromatic N) is 1. The van der Waals surface area contributed by atoms with E-state index >= 15 is 0 Å². The van der Waals surface area contributed by atoms with E-state index in [4.69, 9.17) is 10.5 Å². The van der Waals surface area contributed by atoms with Crippen LogP contribution < -0.4 is 15.8 Å². The Hall–Kier alpha value is -1.59. The van der Waals surface area contributed by atoms with Gasteiger partial charge in [0, 0.05) is 30.8 Å². The van der Waals surface area contributed by atoms with Gasteiger partial charge in [0.2, 0.25) is 5.91 Å². The Bertz CT molecular complexity index is 505. The van der Waals surface area contributed by atoms with Gasteiger partial charge in [-0.1, -0.05) is 18.9 Å². The van der Waals surface area contributed by atoms with Gasteiger partial charge in [0.1, 0.15) is 12.4 Å². The molecule has 1 saturated carbocycles. The quantitative estimate of drug-likeness (QED) is 0.810. The zero-order valence-electron chi connectivity index (χ0n) is 14.3. The Morgan fingerprint density at radius 3 is 2.87 bits per heavy atom. The summed E-state index contributed by atoms with van der Waals surface area (Å²) in [6, 6.07) is 7.72. The van der Waals surface area contributed by atoms with Crippen LogP contribution in [0.15, 0.2) is 24.3 Å². The summed E-state index contributed by atoms with van der Waals surface area (Å²) < 4.78 is 5.69. The molecule has 1 aromatic carbocycles. The van der Waals surface area contributed by atoms with Crippen molar-refractivity contribution in [3.8, 4) is 5.75 Å². The molecule has 1 amide bonds. The molecule has 2 unspecified atom stereocenters. The lowest BCUT2D eigenvalue weighted by atomic mass is 9.83. The third-order valence-electron chi connectivity index (χ3n) is 4.34. The molecule has 5 nitrogen and oxygen atoms in total. The summed E-state index contributed by atoms with van der Waals surface area (Å²) in [5, 5.41) is 2.96. The van der Waals surface area contributed by atoms with Gasteiger partial charge in [-0.05, 0) is 45.0 Å². The molecule has 1 aliphatic carbocycles. The lowest BCUT2D eigenvalue weighted by Gasteiger charge is -2.27. The molecule has 23 heavy (non-hydrogen) atoms. The number of anilines is 1. The minimum Gasteiger partial charge on any atom is -0.492 e. The molecule has 0 bridgehead atoms. The minimum absolute atomic E-state index is 0.0396. The molecular formula is C18H29N3O2. The second kappa shape index (κ2) is 8.89. The van der Waals surface area contributed by atoms with Gasteiger partial charge < -0.3 is 20.7 Å².